The molecule has 3 atom stereocenters. The minimum atomic E-state index is 0.0512. The van der Waals surface area contributed by atoms with Crippen molar-refractivity contribution in [3.8, 4) is 5.69 Å². The van der Waals surface area contributed by atoms with Crippen molar-refractivity contribution in [2.45, 2.75) is 51.2 Å². The molecule has 1 aliphatic rings. The summed E-state index contributed by atoms with van der Waals surface area (Å²) in [5.74, 6) is 1.57. The summed E-state index contributed by atoms with van der Waals surface area (Å²) in [7, 11) is 0. The molecule has 1 N–H and O–H groups in total. The van der Waals surface area contributed by atoms with Crippen molar-refractivity contribution in [2.75, 3.05) is 5.75 Å². The highest BCUT2D eigenvalue weighted by Gasteiger charge is 2.28. The number of carbonyl (C=O) groups is 1. The van der Waals surface area contributed by atoms with Crippen LogP contribution in [0.3, 0.4) is 0 Å². The number of hydrogen-bond donors (Lipinski definition) is 1. The number of amides is 1. The molecule has 25 heavy (non-hydrogen) atoms. The number of carbonyl (C=O) groups excluding carboxylic acids is 1. The minimum Gasteiger partial charge on any atom is -0.352 e. The molecule has 1 aromatic heterocycles. The van der Waals surface area contributed by atoms with Crippen LogP contribution in [-0.2, 0) is 4.79 Å². The van der Waals surface area contributed by atoms with Gasteiger partial charge in [0.05, 0.1) is 11.4 Å². The van der Waals surface area contributed by atoms with Crippen LogP contribution in [0.5, 0.6) is 0 Å². The summed E-state index contributed by atoms with van der Waals surface area (Å²) in [6.45, 7) is 6.53. The third kappa shape index (κ3) is 4.21. The molecule has 1 fully saturated rings. The lowest BCUT2D eigenvalue weighted by Crippen LogP contribution is -2.44. The first-order chi connectivity index (χ1) is 12.1. The van der Waals surface area contributed by atoms with Crippen LogP contribution in [0.4, 0.5) is 0 Å². The number of benzene rings is 1. The number of tetrazole rings is 1. The van der Waals surface area contributed by atoms with E-state index in [0.29, 0.717) is 22.7 Å². The highest BCUT2D eigenvalue weighted by molar-refractivity contribution is 7.99. The Morgan fingerprint density at radius 2 is 2.12 bits per heavy atom. The Morgan fingerprint density at radius 3 is 2.92 bits per heavy atom. The quantitative estimate of drug-likeness (QED) is 0.831. The SMILES string of the molecule is Cc1ccccc1-n1nnnc1SCC(=O)N[C@H]1CCC[C@@H](C)[C@@H]1C. The molecule has 1 heterocycles. The Kier molecular flexibility index (Phi) is 5.73. The molecular weight excluding hydrogens is 334 g/mol. The Bertz CT molecular complexity index is 732. The minimum absolute atomic E-state index is 0.0512. The lowest BCUT2D eigenvalue weighted by atomic mass is 9.78. The summed E-state index contributed by atoms with van der Waals surface area (Å²) in [5.41, 5.74) is 2.02. The maximum absolute atomic E-state index is 12.4. The van der Waals surface area contributed by atoms with E-state index < -0.39 is 0 Å². The van der Waals surface area contributed by atoms with Gasteiger partial charge in [0.15, 0.2) is 0 Å². The molecule has 1 saturated carbocycles. The van der Waals surface area contributed by atoms with Crippen LogP contribution in [-0.4, -0.2) is 37.9 Å². The van der Waals surface area contributed by atoms with E-state index in [4.69, 9.17) is 0 Å². The number of aryl methyl sites for hydroxylation is 1. The molecule has 0 saturated heterocycles. The van der Waals surface area contributed by atoms with Crippen LogP contribution in [0.1, 0.15) is 38.7 Å². The van der Waals surface area contributed by atoms with Crippen LogP contribution in [0.25, 0.3) is 5.69 Å². The Labute approximate surface area is 152 Å². The summed E-state index contributed by atoms with van der Waals surface area (Å²) < 4.78 is 1.69. The van der Waals surface area contributed by atoms with Gasteiger partial charge in [-0.15, -0.1) is 5.10 Å². The molecule has 7 heteroatoms. The zero-order valence-corrected chi connectivity index (χ0v) is 15.8. The third-order valence-corrected chi connectivity index (χ3v) is 6.09. The molecule has 0 radical (unpaired) electrons. The van der Waals surface area contributed by atoms with Gasteiger partial charge in [-0.2, -0.15) is 4.68 Å². The van der Waals surface area contributed by atoms with E-state index in [1.54, 1.807) is 4.68 Å². The number of para-hydroxylation sites is 1. The van der Waals surface area contributed by atoms with Gasteiger partial charge < -0.3 is 5.32 Å². The van der Waals surface area contributed by atoms with Crippen LogP contribution >= 0.6 is 11.8 Å². The molecule has 1 aliphatic carbocycles. The van der Waals surface area contributed by atoms with Crippen molar-refractivity contribution in [3.05, 3.63) is 29.8 Å². The van der Waals surface area contributed by atoms with Gasteiger partial charge in [-0.1, -0.05) is 56.7 Å². The predicted molar refractivity (Wildman–Crippen MR) is 98.7 cm³/mol. The first-order valence-corrected chi connectivity index (χ1v) is 9.81. The molecule has 0 spiro atoms. The van der Waals surface area contributed by atoms with Gasteiger partial charge in [0.25, 0.3) is 0 Å². The maximum Gasteiger partial charge on any atom is 0.230 e. The summed E-state index contributed by atoms with van der Waals surface area (Å²) >= 11 is 1.37. The molecule has 0 bridgehead atoms. The van der Waals surface area contributed by atoms with E-state index in [1.165, 1.54) is 24.6 Å². The molecule has 3 rings (SSSR count). The molecular formula is C18H25N5OS. The zero-order valence-electron chi connectivity index (χ0n) is 15.0. The number of thioether (sulfide) groups is 1. The first-order valence-electron chi connectivity index (χ1n) is 8.83. The predicted octanol–water partition coefficient (Wildman–Crippen LogP) is 3.00. The fourth-order valence-corrected chi connectivity index (χ4v) is 4.08. The van der Waals surface area contributed by atoms with E-state index in [0.717, 1.165) is 17.7 Å². The molecule has 134 valence electrons. The lowest BCUT2D eigenvalue weighted by molar-refractivity contribution is -0.120. The summed E-state index contributed by atoms with van der Waals surface area (Å²) in [6.07, 6.45) is 3.52. The first kappa shape index (κ1) is 17.9. The van der Waals surface area contributed by atoms with E-state index in [9.17, 15) is 4.79 Å². The Hall–Kier alpha value is -1.89. The fraction of sp³-hybridized carbons (Fsp3) is 0.556. The van der Waals surface area contributed by atoms with E-state index >= 15 is 0 Å². The molecule has 2 aromatic rings. The standard InChI is InChI=1S/C18H25N5OS/c1-12-8-6-9-15(14(12)3)19-17(24)11-25-18-20-21-22-23(18)16-10-5-4-7-13(16)2/h4-5,7,10,12,14-15H,6,8-9,11H2,1-3H3,(H,19,24)/t12-,14+,15+/m1/s1. The maximum atomic E-state index is 12.4. The average Bonchev–Trinajstić information content (AvgIpc) is 3.06. The van der Waals surface area contributed by atoms with Crippen molar-refractivity contribution in [1.29, 1.82) is 0 Å². The average molecular weight is 359 g/mol. The number of rotatable bonds is 5. The van der Waals surface area contributed by atoms with E-state index in [2.05, 4.69) is 34.7 Å². The van der Waals surface area contributed by atoms with Crippen molar-refractivity contribution in [1.82, 2.24) is 25.5 Å². The second-order valence-electron chi connectivity index (χ2n) is 6.89. The summed E-state index contributed by atoms with van der Waals surface area (Å²) in [5, 5.41) is 15.7. The van der Waals surface area contributed by atoms with Crippen LogP contribution in [0.15, 0.2) is 29.4 Å². The van der Waals surface area contributed by atoms with Crippen LogP contribution < -0.4 is 5.32 Å². The van der Waals surface area contributed by atoms with Gasteiger partial charge in [-0.25, -0.2) is 0 Å². The molecule has 1 amide bonds. The van der Waals surface area contributed by atoms with Crippen molar-refractivity contribution < 1.29 is 4.79 Å². The van der Waals surface area contributed by atoms with Gasteiger partial charge in [0.2, 0.25) is 11.1 Å². The lowest BCUT2D eigenvalue weighted by Gasteiger charge is -2.34. The molecule has 0 unspecified atom stereocenters. The Morgan fingerprint density at radius 1 is 1.32 bits per heavy atom. The number of hydrogen-bond acceptors (Lipinski definition) is 5. The van der Waals surface area contributed by atoms with Crippen LogP contribution in [0, 0.1) is 18.8 Å². The number of aromatic nitrogens is 4. The van der Waals surface area contributed by atoms with Crippen molar-refractivity contribution >= 4 is 17.7 Å². The molecule has 1 aromatic carbocycles. The largest absolute Gasteiger partial charge is 0.352 e. The monoisotopic (exact) mass is 359 g/mol. The summed E-state index contributed by atoms with van der Waals surface area (Å²) in [4.78, 5) is 12.4. The van der Waals surface area contributed by atoms with E-state index in [-0.39, 0.29) is 11.9 Å². The zero-order chi connectivity index (χ0) is 17.8. The van der Waals surface area contributed by atoms with Gasteiger partial charge >= 0.3 is 0 Å². The third-order valence-electron chi connectivity index (χ3n) is 5.17. The summed E-state index contributed by atoms with van der Waals surface area (Å²) in [6, 6.07) is 8.21. The highest BCUT2D eigenvalue weighted by atomic mass is 32.2. The number of nitrogens with zero attached hydrogens (tertiary/aromatic N) is 4. The van der Waals surface area contributed by atoms with Gasteiger partial charge in [-0.3, -0.25) is 4.79 Å². The second-order valence-corrected chi connectivity index (χ2v) is 7.83. The van der Waals surface area contributed by atoms with Gasteiger partial charge in [0.1, 0.15) is 0 Å². The number of nitrogens with one attached hydrogen (secondary N) is 1. The van der Waals surface area contributed by atoms with E-state index in [1.807, 2.05) is 31.2 Å². The topological polar surface area (TPSA) is 72.7 Å². The molecule has 6 nitrogen and oxygen atoms in total. The smallest absolute Gasteiger partial charge is 0.230 e. The fourth-order valence-electron chi connectivity index (χ4n) is 3.39. The highest BCUT2D eigenvalue weighted by Crippen LogP contribution is 2.29. The van der Waals surface area contributed by atoms with Crippen molar-refractivity contribution in [2.24, 2.45) is 11.8 Å². The van der Waals surface area contributed by atoms with Gasteiger partial charge in [-0.05, 0) is 47.2 Å². The van der Waals surface area contributed by atoms with Crippen LogP contribution in [0.2, 0.25) is 0 Å². The molecule has 0 aliphatic heterocycles. The van der Waals surface area contributed by atoms with Crippen molar-refractivity contribution in [3.63, 3.8) is 0 Å². The van der Waals surface area contributed by atoms with Gasteiger partial charge in [0, 0.05) is 6.04 Å². The Balaban J connectivity index is 1.60. The normalized spacial score (nSPS) is 23.4. The second kappa shape index (κ2) is 7.99.